The Bertz CT molecular complexity index is 1290. The van der Waals surface area contributed by atoms with Gasteiger partial charge in [0.15, 0.2) is 0 Å². The summed E-state index contributed by atoms with van der Waals surface area (Å²) in [7, 11) is 1.72. The van der Waals surface area contributed by atoms with Gasteiger partial charge in [0.25, 0.3) is 0 Å². The number of hydrogen-bond acceptors (Lipinski definition) is 5. The Labute approximate surface area is 238 Å². The molecule has 1 aromatic carbocycles. The number of hydrogen-bond donors (Lipinski definition) is 1. The van der Waals surface area contributed by atoms with Gasteiger partial charge in [-0.1, -0.05) is 12.1 Å². The van der Waals surface area contributed by atoms with Crippen molar-refractivity contribution in [2.45, 2.75) is 90.2 Å². The van der Waals surface area contributed by atoms with Crippen molar-refractivity contribution in [3.05, 3.63) is 60.0 Å². The van der Waals surface area contributed by atoms with E-state index in [1.165, 1.54) is 11.1 Å². The molecule has 0 bridgehead atoms. The predicted octanol–water partition coefficient (Wildman–Crippen LogP) is 6.70. The molecule has 5 rings (SSSR count). The van der Waals surface area contributed by atoms with Gasteiger partial charge < -0.3 is 9.84 Å². The van der Waals surface area contributed by atoms with Crippen LogP contribution in [0.2, 0.25) is 0 Å². The van der Waals surface area contributed by atoms with E-state index in [0.717, 1.165) is 61.2 Å². The molecule has 0 aliphatic heterocycles. The first-order chi connectivity index (χ1) is 19.3. The highest BCUT2D eigenvalue weighted by atomic mass is 16.5. The van der Waals surface area contributed by atoms with Crippen LogP contribution in [0, 0.1) is 18.8 Å². The number of carbonyl (C=O) groups excluding carboxylic acids is 1. The van der Waals surface area contributed by atoms with Crippen LogP contribution in [-0.2, 0) is 4.79 Å². The lowest BCUT2D eigenvalue weighted by Gasteiger charge is -2.35. The highest BCUT2D eigenvalue weighted by Gasteiger charge is 2.33. The molecule has 7 heteroatoms. The Morgan fingerprint density at radius 3 is 2.45 bits per heavy atom. The number of aliphatic hydroxyl groups excluding tert-OH is 1. The number of ether oxygens (including phenoxy) is 1. The van der Waals surface area contributed by atoms with Gasteiger partial charge in [0, 0.05) is 36.5 Å². The van der Waals surface area contributed by atoms with Crippen molar-refractivity contribution < 1.29 is 14.6 Å². The van der Waals surface area contributed by atoms with E-state index in [-0.39, 0.29) is 24.0 Å². The Morgan fingerprint density at radius 1 is 1.05 bits per heavy atom. The van der Waals surface area contributed by atoms with Gasteiger partial charge in [0.1, 0.15) is 11.6 Å². The normalized spacial score (nSPS) is 23.2. The minimum absolute atomic E-state index is 0.0591. The smallest absolute Gasteiger partial charge is 0.231 e. The average Bonchev–Trinajstić information content (AvgIpc) is 3.47. The molecule has 2 aliphatic rings. The highest BCUT2D eigenvalue weighted by molar-refractivity contribution is 5.94. The number of aromatic nitrogens is 3. The van der Waals surface area contributed by atoms with E-state index in [0.29, 0.717) is 31.2 Å². The molecule has 0 spiro atoms. The van der Waals surface area contributed by atoms with Crippen LogP contribution < -0.4 is 9.64 Å². The van der Waals surface area contributed by atoms with Gasteiger partial charge in [-0.05, 0) is 119 Å². The lowest BCUT2D eigenvalue weighted by molar-refractivity contribution is -0.124. The maximum absolute atomic E-state index is 14.0. The molecule has 40 heavy (non-hydrogen) atoms. The zero-order valence-corrected chi connectivity index (χ0v) is 24.4. The van der Waals surface area contributed by atoms with Crippen LogP contribution in [0.4, 0.5) is 5.82 Å². The van der Waals surface area contributed by atoms with Crippen molar-refractivity contribution in [2.75, 3.05) is 18.6 Å². The molecular formula is C33H44N4O3. The number of aryl methyl sites for hydroxylation is 1. The Hall–Kier alpha value is -3.19. The summed E-state index contributed by atoms with van der Waals surface area (Å²) in [6.07, 6.45) is 12.7. The molecule has 0 saturated heterocycles. The maximum Gasteiger partial charge on any atom is 0.231 e. The minimum Gasteiger partial charge on any atom is -0.496 e. The fourth-order valence-corrected chi connectivity index (χ4v) is 6.45. The number of carbonyl (C=O) groups is 1. The van der Waals surface area contributed by atoms with Gasteiger partial charge in [-0.25, -0.2) is 4.98 Å². The molecule has 2 fully saturated rings. The van der Waals surface area contributed by atoms with Gasteiger partial charge in [-0.3, -0.25) is 14.4 Å². The maximum atomic E-state index is 14.0. The van der Waals surface area contributed by atoms with E-state index in [2.05, 4.69) is 50.3 Å². The predicted molar refractivity (Wildman–Crippen MR) is 159 cm³/mol. The lowest BCUT2D eigenvalue weighted by atomic mass is 9.78. The van der Waals surface area contributed by atoms with E-state index >= 15 is 0 Å². The van der Waals surface area contributed by atoms with Crippen LogP contribution in [0.1, 0.15) is 88.3 Å². The standard InChI is InChI=1S/C33H44N4O3/c1-22(2)37-21-29(19-35-37)28-15-16-34-32(18-28)36(33(39)26-9-12-30(38)13-10-26)20-24-5-7-25(8-6-24)27-11-14-31(40-4)23(3)17-27/h11,14-19,21-22,24-26,30,38H,5-10,12-13,20H2,1-4H3/t24-,25-,26-,30-. The van der Waals surface area contributed by atoms with E-state index in [1.54, 1.807) is 7.11 Å². The number of pyridine rings is 1. The van der Waals surface area contributed by atoms with Gasteiger partial charge in [0.2, 0.25) is 5.91 Å². The first kappa shape index (κ1) is 28.3. The van der Waals surface area contributed by atoms with Crippen molar-refractivity contribution in [2.24, 2.45) is 11.8 Å². The second-order valence-electron chi connectivity index (χ2n) is 12.1. The number of nitrogens with zero attached hydrogens (tertiary/aromatic N) is 4. The quantitative estimate of drug-likeness (QED) is 0.341. The van der Waals surface area contributed by atoms with Gasteiger partial charge >= 0.3 is 0 Å². The summed E-state index contributed by atoms with van der Waals surface area (Å²) in [5, 5.41) is 14.5. The molecule has 0 radical (unpaired) electrons. The van der Waals surface area contributed by atoms with Gasteiger partial charge in [-0.15, -0.1) is 0 Å². The van der Waals surface area contributed by atoms with Gasteiger partial charge in [0.05, 0.1) is 19.4 Å². The van der Waals surface area contributed by atoms with E-state index in [4.69, 9.17) is 9.72 Å². The molecule has 2 saturated carbocycles. The first-order valence-electron chi connectivity index (χ1n) is 15.0. The molecule has 1 amide bonds. The monoisotopic (exact) mass is 544 g/mol. The SMILES string of the molecule is COc1ccc([C@H]2CC[C@H](CN(c3cc(-c4cnn(C(C)C)c4)ccn3)C(=O)[C@H]3CC[C@H](O)CC3)CC2)cc1C. The van der Waals surface area contributed by atoms with Crippen LogP contribution in [0.5, 0.6) is 5.75 Å². The number of anilines is 1. The van der Waals surface area contributed by atoms with Crippen molar-refractivity contribution in [1.29, 1.82) is 0 Å². The molecule has 3 aromatic rings. The lowest BCUT2D eigenvalue weighted by Crippen LogP contribution is -2.42. The third-order valence-electron chi connectivity index (χ3n) is 8.98. The number of aliphatic hydroxyl groups is 1. The highest BCUT2D eigenvalue weighted by Crippen LogP contribution is 2.38. The number of methoxy groups -OCH3 is 1. The summed E-state index contributed by atoms with van der Waals surface area (Å²) in [6, 6.07) is 10.9. The minimum atomic E-state index is -0.284. The number of rotatable bonds is 8. The zero-order chi connectivity index (χ0) is 28.2. The second kappa shape index (κ2) is 12.5. The van der Waals surface area contributed by atoms with Crippen LogP contribution in [0.15, 0.2) is 48.9 Å². The Morgan fingerprint density at radius 2 is 1.80 bits per heavy atom. The van der Waals surface area contributed by atoms with Crippen molar-refractivity contribution >= 4 is 11.7 Å². The fourth-order valence-electron chi connectivity index (χ4n) is 6.45. The van der Waals surface area contributed by atoms with E-state index in [1.807, 2.05) is 34.1 Å². The number of benzene rings is 1. The third-order valence-corrected chi connectivity index (χ3v) is 8.98. The summed E-state index contributed by atoms with van der Waals surface area (Å²) in [4.78, 5) is 20.6. The average molecular weight is 545 g/mol. The summed E-state index contributed by atoms with van der Waals surface area (Å²) in [6.45, 7) is 7.02. The summed E-state index contributed by atoms with van der Waals surface area (Å²) < 4.78 is 7.41. The molecule has 1 N–H and O–H groups in total. The summed E-state index contributed by atoms with van der Waals surface area (Å²) >= 11 is 0. The molecule has 0 unspecified atom stereocenters. The van der Waals surface area contributed by atoms with E-state index < -0.39 is 0 Å². The Balaban J connectivity index is 1.33. The van der Waals surface area contributed by atoms with Crippen LogP contribution in [0.3, 0.4) is 0 Å². The third kappa shape index (κ3) is 6.41. The largest absolute Gasteiger partial charge is 0.496 e. The van der Waals surface area contributed by atoms with Crippen molar-refractivity contribution in [3.63, 3.8) is 0 Å². The van der Waals surface area contributed by atoms with Crippen LogP contribution in [0.25, 0.3) is 11.1 Å². The molecule has 2 aliphatic carbocycles. The molecular weight excluding hydrogens is 500 g/mol. The topological polar surface area (TPSA) is 80.5 Å². The molecule has 2 heterocycles. The molecule has 2 aromatic heterocycles. The van der Waals surface area contributed by atoms with Crippen molar-refractivity contribution in [1.82, 2.24) is 14.8 Å². The molecule has 7 nitrogen and oxygen atoms in total. The summed E-state index contributed by atoms with van der Waals surface area (Å²) in [5.74, 6) is 2.73. The van der Waals surface area contributed by atoms with Crippen molar-refractivity contribution in [3.8, 4) is 16.9 Å². The first-order valence-corrected chi connectivity index (χ1v) is 15.0. The summed E-state index contributed by atoms with van der Waals surface area (Å²) in [5.41, 5.74) is 4.62. The van der Waals surface area contributed by atoms with Gasteiger partial charge in [-0.2, -0.15) is 5.10 Å². The fraction of sp³-hybridized carbons (Fsp3) is 0.545. The second-order valence-corrected chi connectivity index (χ2v) is 12.1. The van der Waals surface area contributed by atoms with Crippen LogP contribution >= 0.6 is 0 Å². The number of amides is 1. The van der Waals surface area contributed by atoms with E-state index in [9.17, 15) is 9.90 Å². The molecule has 0 atom stereocenters. The van der Waals surface area contributed by atoms with Crippen LogP contribution in [-0.4, -0.2) is 45.5 Å². The Kier molecular flexibility index (Phi) is 8.89. The zero-order valence-electron chi connectivity index (χ0n) is 24.4. The molecule has 214 valence electrons.